The van der Waals surface area contributed by atoms with Crippen LogP contribution in [0.4, 0.5) is 0 Å². The fourth-order valence-corrected chi connectivity index (χ4v) is 3.35. The molecule has 0 aliphatic carbocycles. The molecular weight excluding hydrogens is 348 g/mol. The Kier molecular flexibility index (Phi) is 5.94. The van der Waals surface area contributed by atoms with Crippen LogP contribution in [0.15, 0.2) is 48.5 Å². The molecule has 0 aromatic heterocycles. The molecule has 1 aliphatic heterocycles. The number of hydrogen-bond donors (Lipinski definition) is 0. The molecule has 0 unspecified atom stereocenters. The van der Waals surface area contributed by atoms with E-state index >= 15 is 0 Å². The molecule has 1 saturated heterocycles. The Bertz CT molecular complexity index is 781. The first-order chi connectivity index (χ1) is 12.5. The topological polar surface area (TPSA) is 40.6 Å². The van der Waals surface area contributed by atoms with Gasteiger partial charge in [-0.05, 0) is 43.2 Å². The van der Waals surface area contributed by atoms with Gasteiger partial charge in [-0.15, -0.1) is 0 Å². The summed E-state index contributed by atoms with van der Waals surface area (Å²) in [6.07, 6.45) is 1.15. The van der Waals surface area contributed by atoms with Crippen LogP contribution >= 0.6 is 11.6 Å². The molecule has 0 atom stereocenters. The summed E-state index contributed by atoms with van der Waals surface area (Å²) >= 11 is 5.98. The summed E-state index contributed by atoms with van der Waals surface area (Å²) < 4.78 is 0. The minimum atomic E-state index is 0.0380. The highest BCUT2D eigenvalue weighted by Gasteiger charge is 2.24. The normalized spacial score (nSPS) is 14.4. The maximum absolute atomic E-state index is 12.5. The third kappa shape index (κ3) is 4.64. The number of amides is 2. The highest BCUT2D eigenvalue weighted by Crippen LogP contribution is 2.14. The number of benzene rings is 2. The molecule has 2 amide bonds. The summed E-state index contributed by atoms with van der Waals surface area (Å²) in [6.45, 7) is 4.34. The van der Waals surface area contributed by atoms with Crippen LogP contribution in [0, 0.1) is 6.92 Å². The van der Waals surface area contributed by atoms with Gasteiger partial charge in [-0.3, -0.25) is 9.59 Å². The van der Waals surface area contributed by atoms with Crippen molar-refractivity contribution in [3.05, 3.63) is 70.2 Å². The number of rotatable bonds is 4. The number of carbonyl (C=O) groups is 2. The van der Waals surface area contributed by atoms with E-state index in [1.165, 1.54) is 0 Å². The van der Waals surface area contributed by atoms with Gasteiger partial charge in [0.25, 0.3) is 5.91 Å². The molecule has 26 heavy (non-hydrogen) atoms. The minimum absolute atomic E-state index is 0.0380. The Morgan fingerprint density at radius 1 is 0.962 bits per heavy atom. The van der Waals surface area contributed by atoms with Gasteiger partial charge in [0.05, 0.1) is 0 Å². The monoisotopic (exact) mass is 370 g/mol. The second kappa shape index (κ2) is 8.37. The smallest absolute Gasteiger partial charge is 0.253 e. The first-order valence-electron chi connectivity index (χ1n) is 8.91. The van der Waals surface area contributed by atoms with Crippen LogP contribution in [0.25, 0.3) is 0 Å². The van der Waals surface area contributed by atoms with E-state index in [4.69, 9.17) is 11.6 Å². The van der Waals surface area contributed by atoms with Gasteiger partial charge in [-0.25, -0.2) is 0 Å². The van der Waals surface area contributed by atoms with Crippen LogP contribution in [0.3, 0.4) is 0 Å². The van der Waals surface area contributed by atoms with E-state index in [9.17, 15) is 9.59 Å². The highest BCUT2D eigenvalue weighted by atomic mass is 35.5. The van der Waals surface area contributed by atoms with Gasteiger partial charge in [0, 0.05) is 43.2 Å². The fraction of sp³-hybridized carbons (Fsp3) is 0.333. The van der Waals surface area contributed by atoms with Crippen LogP contribution in [0.2, 0.25) is 5.02 Å². The number of hydrogen-bond acceptors (Lipinski definition) is 2. The lowest BCUT2D eigenvalue weighted by Gasteiger charge is -2.35. The second-order valence-corrected chi connectivity index (χ2v) is 7.11. The van der Waals surface area contributed by atoms with Crippen molar-refractivity contribution < 1.29 is 9.59 Å². The molecule has 2 aromatic rings. The third-order valence-electron chi connectivity index (χ3n) is 4.73. The summed E-state index contributed by atoms with van der Waals surface area (Å²) in [5, 5.41) is 0.693. The Morgan fingerprint density at radius 2 is 1.62 bits per heavy atom. The van der Waals surface area contributed by atoms with Crippen molar-refractivity contribution in [2.24, 2.45) is 0 Å². The highest BCUT2D eigenvalue weighted by molar-refractivity contribution is 6.30. The molecule has 0 N–H and O–H groups in total. The van der Waals surface area contributed by atoms with Gasteiger partial charge < -0.3 is 9.80 Å². The van der Waals surface area contributed by atoms with E-state index in [1.54, 1.807) is 0 Å². The number of carbonyl (C=O) groups excluding carboxylic acids is 2. The number of piperazine rings is 1. The fourth-order valence-electron chi connectivity index (χ4n) is 3.14. The van der Waals surface area contributed by atoms with Crippen molar-refractivity contribution in [3.63, 3.8) is 0 Å². The summed E-state index contributed by atoms with van der Waals surface area (Å²) in [7, 11) is 0. The number of halogens is 1. The molecule has 3 rings (SSSR count). The molecule has 0 spiro atoms. The Balaban J connectivity index is 1.49. The lowest BCUT2D eigenvalue weighted by atomic mass is 10.1. The second-order valence-electron chi connectivity index (χ2n) is 6.67. The van der Waals surface area contributed by atoms with Crippen molar-refractivity contribution in [3.8, 4) is 0 Å². The van der Waals surface area contributed by atoms with Gasteiger partial charge in [-0.1, -0.05) is 41.4 Å². The maximum atomic E-state index is 12.5. The largest absolute Gasteiger partial charge is 0.339 e. The van der Waals surface area contributed by atoms with Crippen LogP contribution in [0.5, 0.6) is 0 Å². The third-order valence-corrected chi connectivity index (χ3v) is 4.97. The molecule has 4 nitrogen and oxygen atoms in total. The van der Waals surface area contributed by atoms with Gasteiger partial charge in [0.2, 0.25) is 5.91 Å². The summed E-state index contributed by atoms with van der Waals surface area (Å²) in [4.78, 5) is 28.6. The summed E-state index contributed by atoms with van der Waals surface area (Å²) in [5.41, 5.74) is 2.91. The SMILES string of the molecule is Cc1ccc(C(=O)N2CCN(C(=O)CCc3cccc(Cl)c3)CC2)cc1. The Hall–Kier alpha value is -2.33. The number of aryl methyl sites for hydroxylation is 2. The Labute approximate surface area is 159 Å². The van der Waals surface area contributed by atoms with Crippen LogP contribution in [0.1, 0.15) is 27.9 Å². The quantitative estimate of drug-likeness (QED) is 0.825. The van der Waals surface area contributed by atoms with Crippen LogP contribution in [-0.2, 0) is 11.2 Å². The van der Waals surface area contributed by atoms with E-state index in [0.29, 0.717) is 49.6 Å². The molecule has 5 heteroatoms. The molecule has 1 aliphatic rings. The molecule has 136 valence electrons. The predicted octanol–water partition coefficient (Wildman–Crippen LogP) is 3.57. The average Bonchev–Trinajstić information content (AvgIpc) is 2.66. The number of nitrogens with zero attached hydrogens (tertiary/aromatic N) is 2. The van der Waals surface area contributed by atoms with E-state index in [2.05, 4.69) is 0 Å². The van der Waals surface area contributed by atoms with Crippen LogP contribution in [-0.4, -0.2) is 47.8 Å². The van der Waals surface area contributed by atoms with Crippen molar-refractivity contribution in [2.45, 2.75) is 19.8 Å². The molecule has 0 bridgehead atoms. The van der Waals surface area contributed by atoms with E-state index in [0.717, 1.165) is 11.1 Å². The zero-order valence-corrected chi connectivity index (χ0v) is 15.7. The van der Waals surface area contributed by atoms with Crippen LogP contribution < -0.4 is 0 Å². The molecular formula is C21H23ClN2O2. The molecule has 0 saturated carbocycles. The lowest BCUT2D eigenvalue weighted by Crippen LogP contribution is -2.50. The van der Waals surface area contributed by atoms with E-state index in [-0.39, 0.29) is 11.8 Å². The maximum Gasteiger partial charge on any atom is 0.253 e. The van der Waals surface area contributed by atoms with Gasteiger partial charge in [-0.2, -0.15) is 0 Å². The molecule has 1 heterocycles. The first kappa shape index (κ1) is 18.5. The standard InChI is InChI=1S/C21H23ClN2O2/c1-16-5-8-18(9-6-16)21(26)24-13-11-23(12-14-24)20(25)10-7-17-3-2-4-19(22)15-17/h2-6,8-9,15H,7,10-14H2,1H3. The van der Waals surface area contributed by atoms with Crippen molar-refractivity contribution in [1.29, 1.82) is 0 Å². The zero-order valence-electron chi connectivity index (χ0n) is 15.0. The van der Waals surface area contributed by atoms with Gasteiger partial charge in [0.15, 0.2) is 0 Å². The van der Waals surface area contributed by atoms with Crippen molar-refractivity contribution in [1.82, 2.24) is 9.80 Å². The van der Waals surface area contributed by atoms with E-state index in [1.807, 2.05) is 65.3 Å². The summed E-state index contributed by atoms with van der Waals surface area (Å²) in [5.74, 6) is 0.170. The Morgan fingerprint density at radius 3 is 2.27 bits per heavy atom. The lowest BCUT2D eigenvalue weighted by molar-refractivity contribution is -0.132. The zero-order chi connectivity index (χ0) is 18.5. The molecule has 0 radical (unpaired) electrons. The van der Waals surface area contributed by atoms with Gasteiger partial charge >= 0.3 is 0 Å². The molecule has 1 fully saturated rings. The van der Waals surface area contributed by atoms with Crippen molar-refractivity contribution in [2.75, 3.05) is 26.2 Å². The van der Waals surface area contributed by atoms with Gasteiger partial charge in [0.1, 0.15) is 0 Å². The van der Waals surface area contributed by atoms with Crippen molar-refractivity contribution >= 4 is 23.4 Å². The molecule has 2 aromatic carbocycles. The first-order valence-corrected chi connectivity index (χ1v) is 9.29. The summed E-state index contributed by atoms with van der Waals surface area (Å²) in [6, 6.07) is 15.2. The average molecular weight is 371 g/mol. The van der Waals surface area contributed by atoms with E-state index < -0.39 is 0 Å². The predicted molar refractivity (Wildman–Crippen MR) is 103 cm³/mol. The minimum Gasteiger partial charge on any atom is -0.339 e.